The van der Waals surface area contributed by atoms with E-state index in [2.05, 4.69) is 15.5 Å². The highest BCUT2D eigenvalue weighted by Gasteiger charge is 2.40. The SMILES string of the molecule is Cc1nc(C2(NC(=O)CN(C)S(=O)(=O)c3ccc(F)cc3)CCCCC2)no1. The van der Waals surface area contributed by atoms with Gasteiger partial charge in [-0.3, -0.25) is 4.79 Å². The van der Waals surface area contributed by atoms with Gasteiger partial charge in [0.2, 0.25) is 21.8 Å². The van der Waals surface area contributed by atoms with Crippen molar-refractivity contribution in [1.29, 1.82) is 0 Å². The molecule has 0 atom stereocenters. The smallest absolute Gasteiger partial charge is 0.243 e. The summed E-state index contributed by atoms with van der Waals surface area (Å²) in [7, 11) is -2.61. The van der Waals surface area contributed by atoms with Crippen molar-refractivity contribution in [1.82, 2.24) is 19.8 Å². The number of nitrogens with zero attached hydrogens (tertiary/aromatic N) is 3. The standard InChI is InChI=1S/C18H23FN4O4S/c1-13-20-17(22-27-13)18(10-4-3-5-11-18)21-16(24)12-23(2)28(25,26)15-8-6-14(19)7-9-15/h6-9H,3-5,10-12H2,1-2H3,(H,21,24). The van der Waals surface area contributed by atoms with E-state index < -0.39 is 27.3 Å². The molecule has 0 bridgehead atoms. The molecule has 28 heavy (non-hydrogen) atoms. The van der Waals surface area contributed by atoms with E-state index in [-0.39, 0.29) is 11.4 Å². The van der Waals surface area contributed by atoms with Gasteiger partial charge in [-0.1, -0.05) is 24.4 Å². The van der Waals surface area contributed by atoms with E-state index in [1.165, 1.54) is 19.2 Å². The molecule has 1 amide bonds. The van der Waals surface area contributed by atoms with Crippen LogP contribution < -0.4 is 5.32 Å². The summed E-state index contributed by atoms with van der Waals surface area (Å²) in [6.07, 6.45) is 4.17. The monoisotopic (exact) mass is 410 g/mol. The Morgan fingerprint density at radius 2 is 1.89 bits per heavy atom. The lowest BCUT2D eigenvalue weighted by molar-refractivity contribution is -0.123. The van der Waals surface area contributed by atoms with Gasteiger partial charge >= 0.3 is 0 Å². The molecule has 1 heterocycles. The lowest BCUT2D eigenvalue weighted by Gasteiger charge is -2.35. The summed E-state index contributed by atoms with van der Waals surface area (Å²) in [5, 5.41) is 6.92. The van der Waals surface area contributed by atoms with Crippen LogP contribution in [0.4, 0.5) is 4.39 Å². The van der Waals surface area contributed by atoms with Gasteiger partial charge in [0.15, 0.2) is 5.82 Å². The van der Waals surface area contributed by atoms with Crippen molar-refractivity contribution in [3.8, 4) is 0 Å². The van der Waals surface area contributed by atoms with Gasteiger partial charge in [-0.15, -0.1) is 0 Å². The Morgan fingerprint density at radius 3 is 2.46 bits per heavy atom. The molecule has 0 unspecified atom stereocenters. The minimum Gasteiger partial charge on any atom is -0.342 e. The summed E-state index contributed by atoms with van der Waals surface area (Å²) >= 11 is 0. The first kappa shape index (κ1) is 20.4. The first-order valence-electron chi connectivity index (χ1n) is 9.07. The highest BCUT2D eigenvalue weighted by Crippen LogP contribution is 2.35. The van der Waals surface area contributed by atoms with Gasteiger partial charge in [0.1, 0.15) is 11.4 Å². The van der Waals surface area contributed by atoms with Crippen LogP contribution >= 0.6 is 0 Å². The fourth-order valence-electron chi connectivity index (χ4n) is 3.43. The molecule has 10 heteroatoms. The molecule has 0 spiro atoms. The maximum atomic E-state index is 13.1. The Labute approximate surface area is 163 Å². The number of likely N-dealkylation sites (N-methyl/N-ethyl adjacent to an activating group) is 1. The Morgan fingerprint density at radius 1 is 1.25 bits per heavy atom. The highest BCUT2D eigenvalue weighted by atomic mass is 32.2. The summed E-state index contributed by atoms with van der Waals surface area (Å²) in [6.45, 7) is 1.30. The van der Waals surface area contributed by atoms with Crippen LogP contribution in [0.2, 0.25) is 0 Å². The molecule has 1 aliphatic carbocycles. The van der Waals surface area contributed by atoms with Crippen LogP contribution in [0.15, 0.2) is 33.7 Å². The number of halogens is 1. The normalized spacial score (nSPS) is 16.9. The topological polar surface area (TPSA) is 105 Å². The molecule has 1 N–H and O–H groups in total. The lowest BCUT2D eigenvalue weighted by Crippen LogP contribution is -2.51. The van der Waals surface area contributed by atoms with Gasteiger partial charge < -0.3 is 9.84 Å². The first-order chi connectivity index (χ1) is 13.2. The van der Waals surface area contributed by atoms with Crippen LogP contribution in [0.25, 0.3) is 0 Å². The summed E-state index contributed by atoms with van der Waals surface area (Å²) in [6, 6.07) is 4.47. The quantitative estimate of drug-likeness (QED) is 0.782. The molecule has 3 rings (SSSR count). The minimum absolute atomic E-state index is 0.0784. The minimum atomic E-state index is -3.92. The van der Waals surface area contributed by atoms with Gasteiger partial charge in [-0.2, -0.15) is 9.29 Å². The number of hydrogen-bond donors (Lipinski definition) is 1. The van der Waals surface area contributed by atoms with Crippen LogP contribution in [0.1, 0.15) is 43.8 Å². The number of nitrogens with one attached hydrogen (secondary N) is 1. The maximum absolute atomic E-state index is 13.1. The first-order valence-corrected chi connectivity index (χ1v) is 10.5. The molecule has 8 nitrogen and oxygen atoms in total. The molecule has 1 aromatic heterocycles. The Bertz CT molecular complexity index is 937. The summed E-state index contributed by atoms with van der Waals surface area (Å²) in [4.78, 5) is 16.9. The predicted octanol–water partition coefficient (Wildman–Crippen LogP) is 2.11. The molecular formula is C18H23FN4O4S. The van der Waals surface area contributed by atoms with Crippen molar-refractivity contribution in [2.75, 3.05) is 13.6 Å². The number of carbonyl (C=O) groups excluding carboxylic acids is 1. The van der Waals surface area contributed by atoms with Gasteiger partial charge in [-0.05, 0) is 37.1 Å². The molecule has 1 saturated carbocycles. The number of sulfonamides is 1. The van der Waals surface area contributed by atoms with Gasteiger partial charge in [0, 0.05) is 14.0 Å². The number of carbonyl (C=O) groups is 1. The molecular weight excluding hydrogens is 387 g/mol. The molecule has 1 aromatic carbocycles. The van der Waals surface area contributed by atoms with Crippen molar-refractivity contribution in [2.24, 2.45) is 0 Å². The number of benzene rings is 1. The summed E-state index contributed by atoms with van der Waals surface area (Å²) in [5.74, 6) is -0.168. The Balaban J connectivity index is 1.75. The largest absolute Gasteiger partial charge is 0.342 e. The van der Waals surface area contributed by atoms with E-state index in [9.17, 15) is 17.6 Å². The molecule has 152 valence electrons. The average Bonchev–Trinajstić information content (AvgIpc) is 3.10. The van der Waals surface area contributed by atoms with E-state index in [0.717, 1.165) is 35.7 Å². The number of amides is 1. The molecule has 0 saturated heterocycles. The molecule has 1 fully saturated rings. The van der Waals surface area contributed by atoms with E-state index in [0.29, 0.717) is 24.6 Å². The van der Waals surface area contributed by atoms with Crippen LogP contribution in [0.3, 0.4) is 0 Å². The molecule has 2 aromatic rings. The van der Waals surface area contributed by atoms with Crippen molar-refractivity contribution >= 4 is 15.9 Å². The van der Waals surface area contributed by atoms with Crippen molar-refractivity contribution in [3.63, 3.8) is 0 Å². The fraction of sp³-hybridized carbons (Fsp3) is 0.500. The lowest BCUT2D eigenvalue weighted by atomic mass is 9.81. The third-order valence-electron chi connectivity index (χ3n) is 4.93. The number of aromatic nitrogens is 2. The molecule has 0 radical (unpaired) electrons. The second-order valence-corrected chi connectivity index (χ2v) is 9.09. The predicted molar refractivity (Wildman–Crippen MR) is 98.2 cm³/mol. The van der Waals surface area contributed by atoms with E-state index in [4.69, 9.17) is 4.52 Å². The van der Waals surface area contributed by atoms with Crippen molar-refractivity contribution < 1.29 is 22.1 Å². The number of hydrogen-bond acceptors (Lipinski definition) is 6. The van der Waals surface area contributed by atoms with Crippen molar-refractivity contribution in [2.45, 2.75) is 49.5 Å². The number of rotatable bonds is 6. The van der Waals surface area contributed by atoms with E-state index >= 15 is 0 Å². The fourth-order valence-corrected chi connectivity index (χ4v) is 4.56. The van der Waals surface area contributed by atoms with E-state index in [1.54, 1.807) is 6.92 Å². The summed E-state index contributed by atoms with van der Waals surface area (Å²) in [5.41, 5.74) is -0.756. The van der Waals surface area contributed by atoms with Gasteiger partial charge in [0.25, 0.3) is 0 Å². The third-order valence-corrected chi connectivity index (χ3v) is 6.75. The average molecular weight is 410 g/mol. The van der Waals surface area contributed by atoms with Crippen LogP contribution in [-0.2, 0) is 20.4 Å². The summed E-state index contributed by atoms with van der Waals surface area (Å²) < 4.78 is 44.3. The zero-order valence-electron chi connectivity index (χ0n) is 15.8. The second-order valence-electron chi connectivity index (χ2n) is 7.04. The Hall–Kier alpha value is -2.33. The van der Waals surface area contributed by atoms with E-state index in [1.807, 2.05) is 0 Å². The van der Waals surface area contributed by atoms with Crippen LogP contribution in [0.5, 0.6) is 0 Å². The van der Waals surface area contributed by atoms with Crippen molar-refractivity contribution in [3.05, 3.63) is 41.8 Å². The van der Waals surface area contributed by atoms with Crippen LogP contribution in [0, 0.1) is 12.7 Å². The Kier molecular flexibility index (Phi) is 5.80. The van der Waals surface area contributed by atoms with Gasteiger partial charge in [0.05, 0.1) is 11.4 Å². The maximum Gasteiger partial charge on any atom is 0.243 e. The van der Waals surface area contributed by atoms with Gasteiger partial charge in [-0.25, -0.2) is 12.8 Å². The number of aryl methyl sites for hydroxylation is 1. The molecule has 1 aliphatic rings. The molecule has 0 aliphatic heterocycles. The third kappa shape index (κ3) is 4.22. The van der Waals surface area contributed by atoms with Crippen LogP contribution in [-0.4, -0.2) is 42.4 Å². The zero-order valence-corrected chi connectivity index (χ0v) is 16.6. The zero-order chi connectivity index (χ0) is 20.4. The second kappa shape index (κ2) is 7.96. The highest BCUT2D eigenvalue weighted by molar-refractivity contribution is 7.89.